The molecule has 1 aliphatic heterocycles. The lowest BCUT2D eigenvalue weighted by Crippen LogP contribution is -2.21. The zero-order chi connectivity index (χ0) is 25.1. The van der Waals surface area contributed by atoms with E-state index < -0.39 is 16.8 Å². The number of non-ortho nitro benzene ring substituents is 1. The lowest BCUT2D eigenvalue weighted by atomic mass is 9.83. The standard InChI is InChI=1S/C25H19N3O7/c1-32-16-8-10-21(33-2)19(11-16)23-18-9-7-17(12-22(18)35-24(27)20(23)13-26)34-25(29)14-3-5-15(6-4-14)28(30)31/h3-12,23H,27H2,1-2H3. The molecular weight excluding hydrogens is 454 g/mol. The largest absolute Gasteiger partial charge is 0.497 e. The number of methoxy groups -OCH3 is 2. The van der Waals surface area contributed by atoms with E-state index in [1.807, 2.05) is 0 Å². The van der Waals surface area contributed by atoms with Gasteiger partial charge in [0.2, 0.25) is 5.88 Å². The van der Waals surface area contributed by atoms with Crippen molar-refractivity contribution in [1.82, 2.24) is 0 Å². The second kappa shape index (κ2) is 9.44. The Morgan fingerprint density at radius 1 is 1.03 bits per heavy atom. The normalized spacial score (nSPS) is 14.3. The number of benzene rings is 3. The minimum Gasteiger partial charge on any atom is -0.497 e. The van der Waals surface area contributed by atoms with E-state index in [0.29, 0.717) is 28.4 Å². The second-order valence-electron chi connectivity index (χ2n) is 7.43. The van der Waals surface area contributed by atoms with Gasteiger partial charge in [-0.25, -0.2) is 4.79 Å². The molecule has 0 bridgehead atoms. The molecule has 2 N–H and O–H groups in total. The van der Waals surface area contributed by atoms with Crippen molar-refractivity contribution in [3.8, 4) is 29.1 Å². The van der Waals surface area contributed by atoms with Gasteiger partial charge in [-0.3, -0.25) is 10.1 Å². The Morgan fingerprint density at radius 2 is 1.74 bits per heavy atom. The number of hydrogen-bond donors (Lipinski definition) is 1. The van der Waals surface area contributed by atoms with Crippen LogP contribution >= 0.6 is 0 Å². The lowest BCUT2D eigenvalue weighted by molar-refractivity contribution is -0.384. The van der Waals surface area contributed by atoms with Crippen molar-refractivity contribution >= 4 is 11.7 Å². The molecule has 0 spiro atoms. The summed E-state index contributed by atoms with van der Waals surface area (Å²) in [7, 11) is 3.05. The highest BCUT2D eigenvalue weighted by molar-refractivity contribution is 5.91. The van der Waals surface area contributed by atoms with E-state index in [9.17, 15) is 20.2 Å². The number of rotatable bonds is 6. The average Bonchev–Trinajstić information content (AvgIpc) is 2.87. The molecule has 10 nitrogen and oxygen atoms in total. The first-order chi connectivity index (χ1) is 16.9. The molecule has 0 saturated heterocycles. The van der Waals surface area contributed by atoms with Gasteiger partial charge in [-0.15, -0.1) is 0 Å². The van der Waals surface area contributed by atoms with Gasteiger partial charge in [0.25, 0.3) is 5.69 Å². The molecule has 3 aromatic rings. The van der Waals surface area contributed by atoms with Gasteiger partial charge >= 0.3 is 5.97 Å². The second-order valence-corrected chi connectivity index (χ2v) is 7.43. The number of ether oxygens (including phenoxy) is 4. The molecule has 4 rings (SSSR count). The summed E-state index contributed by atoms with van der Waals surface area (Å²) in [4.78, 5) is 22.8. The lowest BCUT2D eigenvalue weighted by Gasteiger charge is -2.28. The number of fused-ring (bicyclic) bond motifs is 1. The number of carbonyl (C=O) groups excluding carboxylic acids is 1. The van der Waals surface area contributed by atoms with Crippen LogP contribution in [0.1, 0.15) is 27.4 Å². The minimum absolute atomic E-state index is 0.0891. The van der Waals surface area contributed by atoms with Crippen LogP contribution in [0.4, 0.5) is 5.69 Å². The monoisotopic (exact) mass is 473 g/mol. The molecule has 0 radical (unpaired) electrons. The van der Waals surface area contributed by atoms with Crippen LogP contribution in [-0.4, -0.2) is 25.1 Å². The van der Waals surface area contributed by atoms with Gasteiger partial charge in [-0.1, -0.05) is 6.07 Å². The molecule has 35 heavy (non-hydrogen) atoms. The van der Waals surface area contributed by atoms with Crippen molar-refractivity contribution in [2.45, 2.75) is 5.92 Å². The van der Waals surface area contributed by atoms with E-state index in [-0.39, 0.29) is 28.5 Å². The fourth-order valence-electron chi connectivity index (χ4n) is 3.77. The average molecular weight is 473 g/mol. The Kier molecular flexibility index (Phi) is 6.24. The van der Waals surface area contributed by atoms with Gasteiger partial charge in [0, 0.05) is 29.3 Å². The number of carbonyl (C=O) groups is 1. The Labute approximate surface area is 199 Å². The van der Waals surface area contributed by atoms with Crippen LogP contribution in [0, 0.1) is 21.4 Å². The summed E-state index contributed by atoms with van der Waals surface area (Å²) in [5, 5.41) is 20.6. The maximum absolute atomic E-state index is 12.5. The van der Waals surface area contributed by atoms with Gasteiger partial charge < -0.3 is 24.7 Å². The molecule has 1 unspecified atom stereocenters. The molecule has 1 heterocycles. The maximum atomic E-state index is 12.5. The molecule has 176 valence electrons. The smallest absolute Gasteiger partial charge is 0.343 e. The topological polar surface area (TPSA) is 147 Å². The first-order valence-electron chi connectivity index (χ1n) is 10.3. The van der Waals surface area contributed by atoms with Crippen LogP contribution in [0.2, 0.25) is 0 Å². The fourth-order valence-corrected chi connectivity index (χ4v) is 3.77. The van der Waals surface area contributed by atoms with E-state index in [1.165, 1.54) is 44.6 Å². The summed E-state index contributed by atoms with van der Waals surface area (Å²) in [6.45, 7) is 0. The Bertz CT molecular complexity index is 1390. The molecule has 0 aromatic heterocycles. The third kappa shape index (κ3) is 4.43. The zero-order valence-corrected chi connectivity index (χ0v) is 18.7. The number of nitro benzene ring substituents is 1. The number of nitrogens with two attached hydrogens (primary N) is 1. The van der Waals surface area contributed by atoms with Gasteiger partial charge in [-0.2, -0.15) is 5.26 Å². The summed E-state index contributed by atoms with van der Waals surface area (Å²) in [5.41, 5.74) is 7.52. The molecule has 1 atom stereocenters. The Balaban J connectivity index is 1.70. The van der Waals surface area contributed by atoms with E-state index in [2.05, 4.69) is 6.07 Å². The molecule has 10 heteroatoms. The SMILES string of the molecule is COc1ccc(OC)c(C2C(C#N)=C(N)Oc3cc(OC(=O)c4ccc([N+](=O)[O-])cc4)ccc32)c1. The number of nitrogens with zero attached hydrogens (tertiary/aromatic N) is 2. The van der Waals surface area contributed by atoms with E-state index in [1.54, 1.807) is 30.3 Å². The first-order valence-corrected chi connectivity index (χ1v) is 10.3. The van der Waals surface area contributed by atoms with E-state index >= 15 is 0 Å². The fraction of sp³-hybridized carbons (Fsp3) is 0.120. The van der Waals surface area contributed by atoms with Gasteiger partial charge in [-0.05, 0) is 36.4 Å². The predicted molar refractivity (Wildman–Crippen MR) is 123 cm³/mol. The summed E-state index contributed by atoms with van der Waals surface area (Å²) in [6.07, 6.45) is 0. The van der Waals surface area contributed by atoms with Crippen molar-refractivity contribution < 1.29 is 28.7 Å². The third-order valence-electron chi connectivity index (χ3n) is 5.46. The maximum Gasteiger partial charge on any atom is 0.343 e. The van der Waals surface area contributed by atoms with Crippen LogP contribution in [0.5, 0.6) is 23.0 Å². The van der Waals surface area contributed by atoms with Crippen molar-refractivity contribution in [3.05, 3.63) is 98.9 Å². The summed E-state index contributed by atoms with van der Waals surface area (Å²) >= 11 is 0. The quantitative estimate of drug-likeness (QED) is 0.242. The minimum atomic E-state index is -0.706. The molecule has 0 aliphatic carbocycles. The summed E-state index contributed by atoms with van der Waals surface area (Å²) < 4.78 is 22.0. The Morgan fingerprint density at radius 3 is 2.37 bits per heavy atom. The number of allylic oxidation sites excluding steroid dienone is 1. The van der Waals surface area contributed by atoms with Crippen LogP contribution in [0.3, 0.4) is 0 Å². The first kappa shape index (κ1) is 23.1. The number of nitro groups is 1. The summed E-state index contributed by atoms with van der Waals surface area (Å²) in [5.74, 6) is 0.142. The van der Waals surface area contributed by atoms with Crippen molar-refractivity contribution in [1.29, 1.82) is 5.26 Å². The van der Waals surface area contributed by atoms with Gasteiger partial charge in [0.05, 0.1) is 30.6 Å². The molecule has 0 fully saturated rings. The molecule has 0 saturated carbocycles. The molecule has 3 aromatic carbocycles. The third-order valence-corrected chi connectivity index (χ3v) is 5.46. The van der Waals surface area contributed by atoms with Crippen molar-refractivity contribution in [3.63, 3.8) is 0 Å². The van der Waals surface area contributed by atoms with Crippen LogP contribution in [-0.2, 0) is 0 Å². The summed E-state index contributed by atoms with van der Waals surface area (Å²) in [6, 6.07) is 17.1. The van der Waals surface area contributed by atoms with Gasteiger partial charge in [0.15, 0.2) is 0 Å². The highest BCUT2D eigenvalue weighted by atomic mass is 16.6. The van der Waals surface area contributed by atoms with E-state index in [0.717, 1.165) is 0 Å². The highest BCUT2D eigenvalue weighted by Crippen LogP contribution is 2.46. The van der Waals surface area contributed by atoms with E-state index in [4.69, 9.17) is 24.7 Å². The molecular formula is C25H19N3O7. The molecule has 0 amide bonds. The Hall–Kier alpha value is -5.04. The van der Waals surface area contributed by atoms with Crippen molar-refractivity contribution in [2.24, 2.45) is 5.73 Å². The van der Waals surface area contributed by atoms with Crippen LogP contribution in [0.25, 0.3) is 0 Å². The number of hydrogen-bond acceptors (Lipinski definition) is 9. The van der Waals surface area contributed by atoms with Crippen molar-refractivity contribution in [2.75, 3.05) is 14.2 Å². The number of nitriles is 1. The number of esters is 1. The van der Waals surface area contributed by atoms with Gasteiger partial charge in [0.1, 0.15) is 34.6 Å². The predicted octanol–water partition coefficient (Wildman–Crippen LogP) is 4.05. The van der Waals surface area contributed by atoms with Crippen LogP contribution in [0.15, 0.2) is 72.1 Å². The molecule has 1 aliphatic rings. The highest BCUT2D eigenvalue weighted by Gasteiger charge is 2.33. The van der Waals surface area contributed by atoms with Crippen LogP contribution < -0.4 is 24.7 Å². The zero-order valence-electron chi connectivity index (χ0n) is 18.7.